The molecule has 2 aromatic rings. The number of hydrogen-bond acceptors (Lipinski definition) is 3. The van der Waals surface area contributed by atoms with Gasteiger partial charge in [0.05, 0.1) is 6.04 Å². The van der Waals surface area contributed by atoms with Crippen molar-refractivity contribution in [2.24, 2.45) is 0 Å². The van der Waals surface area contributed by atoms with Gasteiger partial charge in [0.25, 0.3) is 0 Å². The number of ether oxygens (including phenoxy) is 1. The van der Waals surface area contributed by atoms with Gasteiger partial charge in [0.15, 0.2) is 0 Å². The van der Waals surface area contributed by atoms with Gasteiger partial charge in [0.2, 0.25) is 0 Å². The molecule has 2 rings (SSSR count). The minimum absolute atomic E-state index is 0.281. The Morgan fingerprint density at radius 3 is 2.70 bits per heavy atom. The maximum absolute atomic E-state index is 11.7. The third-order valence-corrected chi connectivity index (χ3v) is 2.89. The van der Waals surface area contributed by atoms with Crippen molar-refractivity contribution in [2.45, 2.75) is 39.3 Å². The Labute approximate surface area is 123 Å². The van der Waals surface area contributed by atoms with Crippen LogP contribution in [0.25, 0.3) is 11.0 Å². The van der Waals surface area contributed by atoms with E-state index in [2.05, 4.69) is 5.32 Å². The Hall–Kier alpha value is -1.68. The Morgan fingerprint density at radius 1 is 1.35 bits per heavy atom. The van der Waals surface area contributed by atoms with Gasteiger partial charge in [-0.2, -0.15) is 0 Å². The number of rotatable bonds is 2. The topological polar surface area (TPSA) is 51.5 Å². The highest BCUT2D eigenvalue weighted by molar-refractivity contribution is 6.31. The predicted octanol–water partition coefficient (Wildman–Crippen LogP) is 4.67. The Morgan fingerprint density at radius 2 is 2.05 bits per heavy atom. The molecule has 1 heterocycles. The molecule has 0 saturated carbocycles. The van der Waals surface area contributed by atoms with Crippen LogP contribution in [0.15, 0.2) is 28.7 Å². The number of carbonyl (C=O) groups is 1. The smallest absolute Gasteiger partial charge is 0.408 e. The van der Waals surface area contributed by atoms with Gasteiger partial charge in [0, 0.05) is 10.4 Å². The first-order chi connectivity index (χ1) is 9.24. The number of furan rings is 1. The molecule has 0 spiro atoms. The van der Waals surface area contributed by atoms with Crippen LogP contribution >= 0.6 is 11.6 Å². The van der Waals surface area contributed by atoms with Gasteiger partial charge in [0.1, 0.15) is 16.9 Å². The van der Waals surface area contributed by atoms with Gasteiger partial charge in [-0.1, -0.05) is 11.6 Å². The fourth-order valence-electron chi connectivity index (χ4n) is 1.80. The summed E-state index contributed by atoms with van der Waals surface area (Å²) < 4.78 is 10.9. The lowest BCUT2D eigenvalue weighted by atomic mass is 10.2. The van der Waals surface area contributed by atoms with Crippen LogP contribution in [0.5, 0.6) is 0 Å². The van der Waals surface area contributed by atoms with E-state index < -0.39 is 11.7 Å². The number of benzene rings is 1. The van der Waals surface area contributed by atoms with Gasteiger partial charge in [-0.05, 0) is 52.0 Å². The highest BCUT2D eigenvalue weighted by Gasteiger charge is 2.20. The van der Waals surface area contributed by atoms with Crippen molar-refractivity contribution < 1.29 is 13.9 Å². The van der Waals surface area contributed by atoms with Gasteiger partial charge < -0.3 is 14.5 Å². The number of alkyl carbamates (subject to hydrolysis) is 1. The van der Waals surface area contributed by atoms with E-state index in [-0.39, 0.29) is 6.04 Å². The quantitative estimate of drug-likeness (QED) is 0.875. The molecule has 1 amide bonds. The maximum Gasteiger partial charge on any atom is 0.408 e. The van der Waals surface area contributed by atoms with Gasteiger partial charge in [-0.15, -0.1) is 0 Å². The zero-order valence-corrected chi connectivity index (χ0v) is 12.7. The van der Waals surface area contributed by atoms with Crippen LogP contribution in [0, 0.1) is 0 Å². The van der Waals surface area contributed by atoms with E-state index in [1.165, 1.54) is 0 Å². The summed E-state index contributed by atoms with van der Waals surface area (Å²) in [6.07, 6.45) is -0.469. The van der Waals surface area contributed by atoms with Crippen molar-refractivity contribution in [1.82, 2.24) is 5.32 Å². The molecule has 108 valence electrons. The highest BCUT2D eigenvalue weighted by Crippen LogP contribution is 2.26. The number of carbonyl (C=O) groups excluding carboxylic acids is 1. The van der Waals surface area contributed by atoms with Crippen molar-refractivity contribution >= 4 is 28.7 Å². The summed E-state index contributed by atoms with van der Waals surface area (Å²) in [5.74, 6) is 0.660. The first-order valence-corrected chi connectivity index (χ1v) is 6.81. The third-order valence-electron chi connectivity index (χ3n) is 2.66. The summed E-state index contributed by atoms with van der Waals surface area (Å²) in [7, 11) is 0. The fourth-order valence-corrected chi connectivity index (χ4v) is 1.98. The lowest BCUT2D eigenvalue weighted by Crippen LogP contribution is -2.33. The zero-order chi connectivity index (χ0) is 14.9. The second-order valence-electron chi connectivity index (χ2n) is 5.70. The molecule has 0 bridgehead atoms. The van der Waals surface area contributed by atoms with Crippen molar-refractivity contribution in [2.75, 3.05) is 0 Å². The van der Waals surface area contributed by atoms with E-state index in [0.29, 0.717) is 10.8 Å². The average Bonchev–Trinajstić information content (AvgIpc) is 2.68. The number of nitrogens with one attached hydrogen (secondary N) is 1. The van der Waals surface area contributed by atoms with Gasteiger partial charge >= 0.3 is 6.09 Å². The van der Waals surface area contributed by atoms with Gasteiger partial charge in [-0.25, -0.2) is 4.79 Å². The number of fused-ring (bicyclic) bond motifs is 1. The summed E-state index contributed by atoms with van der Waals surface area (Å²) in [6.45, 7) is 7.30. The molecule has 5 heteroatoms. The fraction of sp³-hybridized carbons (Fsp3) is 0.400. The van der Waals surface area contributed by atoms with Crippen LogP contribution in [0.1, 0.15) is 39.5 Å². The van der Waals surface area contributed by atoms with Crippen LogP contribution in [0.4, 0.5) is 4.79 Å². The molecule has 0 unspecified atom stereocenters. The van der Waals surface area contributed by atoms with Crippen LogP contribution < -0.4 is 5.32 Å². The molecule has 20 heavy (non-hydrogen) atoms. The first kappa shape index (κ1) is 14.7. The standard InChI is InChI=1S/C15H18ClNO3/c1-9(17-14(18)20-15(2,3)4)13-8-10-7-11(16)5-6-12(10)19-13/h5-9H,1-4H3,(H,17,18)/t9-/m0/s1. The van der Waals surface area contributed by atoms with Crippen LogP contribution in [0.2, 0.25) is 5.02 Å². The zero-order valence-electron chi connectivity index (χ0n) is 12.0. The lowest BCUT2D eigenvalue weighted by molar-refractivity contribution is 0.0502. The van der Waals surface area contributed by atoms with E-state index in [9.17, 15) is 4.79 Å². The largest absolute Gasteiger partial charge is 0.459 e. The van der Waals surface area contributed by atoms with Crippen LogP contribution in [0.3, 0.4) is 0 Å². The third kappa shape index (κ3) is 3.67. The summed E-state index contributed by atoms with van der Waals surface area (Å²) in [4.78, 5) is 11.7. The maximum atomic E-state index is 11.7. The summed E-state index contributed by atoms with van der Waals surface area (Å²) in [5.41, 5.74) is 0.216. The van der Waals surface area contributed by atoms with Crippen molar-refractivity contribution in [1.29, 1.82) is 0 Å². The Balaban J connectivity index is 2.11. The molecule has 0 aliphatic heterocycles. The van der Waals surface area contributed by atoms with E-state index >= 15 is 0 Å². The lowest BCUT2D eigenvalue weighted by Gasteiger charge is -2.21. The average molecular weight is 296 g/mol. The molecular weight excluding hydrogens is 278 g/mol. The van der Waals surface area contributed by atoms with E-state index in [0.717, 1.165) is 11.0 Å². The van der Waals surface area contributed by atoms with Crippen LogP contribution in [-0.2, 0) is 4.74 Å². The molecule has 0 radical (unpaired) electrons. The monoisotopic (exact) mass is 295 g/mol. The second kappa shape index (κ2) is 5.37. The van der Waals surface area contributed by atoms with Crippen molar-refractivity contribution in [3.8, 4) is 0 Å². The number of halogens is 1. The van der Waals surface area contributed by atoms with Gasteiger partial charge in [-0.3, -0.25) is 0 Å². The molecule has 4 nitrogen and oxygen atoms in total. The van der Waals surface area contributed by atoms with E-state index in [4.69, 9.17) is 20.8 Å². The summed E-state index contributed by atoms with van der Waals surface area (Å²) in [6, 6.07) is 6.98. The number of amides is 1. The molecule has 0 aliphatic rings. The Kier molecular flexibility index (Phi) is 3.95. The van der Waals surface area contributed by atoms with E-state index in [1.807, 2.05) is 39.8 Å². The molecule has 1 N–H and O–H groups in total. The molecule has 1 atom stereocenters. The highest BCUT2D eigenvalue weighted by atomic mass is 35.5. The molecule has 0 aliphatic carbocycles. The summed E-state index contributed by atoms with van der Waals surface area (Å²) >= 11 is 5.93. The minimum atomic E-state index is -0.523. The molecule has 0 saturated heterocycles. The van der Waals surface area contributed by atoms with E-state index in [1.54, 1.807) is 12.1 Å². The predicted molar refractivity (Wildman–Crippen MR) is 79.0 cm³/mol. The normalized spacial score (nSPS) is 13.2. The summed E-state index contributed by atoms with van der Waals surface area (Å²) in [5, 5.41) is 4.30. The first-order valence-electron chi connectivity index (χ1n) is 6.43. The second-order valence-corrected chi connectivity index (χ2v) is 6.14. The molecule has 0 fully saturated rings. The van der Waals surface area contributed by atoms with Crippen molar-refractivity contribution in [3.63, 3.8) is 0 Å². The van der Waals surface area contributed by atoms with Crippen LogP contribution in [-0.4, -0.2) is 11.7 Å². The minimum Gasteiger partial charge on any atom is -0.459 e. The Bertz CT molecular complexity index is 628. The molecule has 1 aromatic heterocycles. The SMILES string of the molecule is C[C@H](NC(=O)OC(C)(C)C)c1cc2cc(Cl)ccc2o1. The molecule has 1 aromatic carbocycles. The molecular formula is C15H18ClNO3. The number of hydrogen-bond donors (Lipinski definition) is 1. The van der Waals surface area contributed by atoms with Crippen molar-refractivity contribution in [3.05, 3.63) is 35.0 Å².